The third-order valence-corrected chi connectivity index (χ3v) is 3.18. The van der Waals surface area contributed by atoms with E-state index in [1.54, 1.807) is 6.07 Å². The summed E-state index contributed by atoms with van der Waals surface area (Å²) >= 11 is 0. The van der Waals surface area contributed by atoms with Crippen LogP contribution in [0.25, 0.3) is 28.1 Å². The lowest BCUT2D eigenvalue weighted by molar-refractivity contribution is 0.568. The molecule has 1 aromatic carbocycles. The van der Waals surface area contributed by atoms with Gasteiger partial charge in [-0.2, -0.15) is 0 Å². The summed E-state index contributed by atoms with van der Waals surface area (Å²) in [5.41, 5.74) is 1.95. The van der Waals surface area contributed by atoms with Gasteiger partial charge < -0.3 is 8.98 Å². The largest absolute Gasteiger partial charge is 0.456 e. The first kappa shape index (κ1) is 13.5. The Morgan fingerprint density at radius 1 is 1.14 bits per heavy atom. The van der Waals surface area contributed by atoms with E-state index in [9.17, 15) is 0 Å². The number of aromatic nitrogens is 1. The van der Waals surface area contributed by atoms with Crippen molar-refractivity contribution in [2.45, 2.75) is 0 Å². The Kier molecular flexibility index (Phi) is 3.59. The second kappa shape index (κ2) is 5.87. The van der Waals surface area contributed by atoms with E-state index in [1.807, 2.05) is 65.4 Å². The van der Waals surface area contributed by atoms with Gasteiger partial charge in [-0.15, -0.1) is 0 Å². The lowest BCUT2D eigenvalue weighted by Gasteiger charge is -2.06. The first-order valence-electron chi connectivity index (χ1n) is 6.64. The van der Waals surface area contributed by atoms with Crippen LogP contribution in [0.5, 0.6) is 0 Å². The lowest BCUT2D eigenvalue weighted by Crippen LogP contribution is -1.93. The standard InChI is InChI=1S/C18H11N3O/c1-20-14(13-19)12-16-9-10-18(22-16)17-8-5-11-21(17)15-6-3-2-4-7-15/h2-12H/b14-12-. The van der Waals surface area contributed by atoms with Crippen molar-refractivity contribution in [2.75, 3.05) is 0 Å². The van der Waals surface area contributed by atoms with Gasteiger partial charge in [-0.3, -0.25) is 0 Å². The molecule has 0 saturated carbocycles. The van der Waals surface area contributed by atoms with Gasteiger partial charge >= 0.3 is 0 Å². The zero-order valence-electron chi connectivity index (χ0n) is 11.6. The predicted octanol–water partition coefficient (Wildman–Crippen LogP) is 4.52. The summed E-state index contributed by atoms with van der Waals surface area (Å²) in [6.45, 7) is 6.89. The fraction of sp³-hybridized carbons (Fsp3) is 0. The summed E-state index contributed by atoms with van der Waals surface area (Å²) in [4.78, 5) is 3.12. The average Bonchev–Trinajstić information content (AvgIpc) is 3.22. The SMILES string of the molecule is [C-]#[N+]/C(C#N)=C\c1ccc(-c2cccn2-c2ccccc2)o1. The molecule has 0 amide bonds. The molecule has 0 N–H and O–H groups in total. The minimum atomic E-state index is -0.000609. The van der Waals surface area contributed by atoms with Gasteiger partial charge in [-0.1, -0.05) is 18.2 Å². The van der Waals surface area contributed by atoms with Crippen LogP contribution in [0.2, 0.25) is 0 Å². The second-order valence-electron chi connectivity index (χ2n) is 4.55. The van der Waals surface area contributed by atoms with Crippen molar-refractivity contribution in [2.24, 2.45) is 0 Å². The third kappa shape index (κ3) is 2.54. The molecule has 0 radical (unpaired) electrons. The maximum absolute atomic E-state index is 8.79. The van der Waals surface area contributed by atoms with E-state index >= 15 is 0 Å². The smallest absolute Gasteiger partial charge is 0.265 e. The Bertz CT molecular complexity index is 886. The van der Waals surface area contributed by atoms with E-state index < -0.39 is 0 Å². The van der Waals surface area contributed by atoms with Crippen LogP contribution in [0.3, 0.4) is 0 Å². The van der Waals surface area contributed by atoms with Crippen LogP contribution in [-0.2, 0) is 0 Å². The fourth-order valence-electron chi connectivity index (χ4n) is 2.19. The van der Waals surface area contributed by atoms with E-state index in [2.05, 4.69) is 4.85 Å². The van der Waals surface area contributed by atoms with Crippen molar-refractivity contribution >= 4 is 6.08 Å². The molecule has 0 aliphatic carbocycles. The molecule has 2 heterocycles. The van der Waals surface area contributed by atoms with Crippen LogP contribution >= 0.6 is 0 Å². The van der Waals surface area contributed by atoms with Crippen LogP contribution in [0, 0.1) is 17.9 Å². The number of hydrogen-bond donors (Lipinski definition) is 0. The zero-order valence-corrected chi connectivity index (χ0v) is 11.6. The predicted molar refractivity (Wildman–Crippen MR) is 83.7 cm³/mol. The molecular formula is C18H11N3O. The number of furan rings is 1. The number of allylic oxidation sites excluding steroid dienone is 1. The number of rotatable bonds is 3. The lowest BCUT2D eigenvalue weighted by atomic mass is 10.3. The molecule has 2 aromatic heterocycles. The highest BCUT2D eigenvalue weighted by atomic mass is 16.3. The Balaban J connectivity index is 2.00. The summed E-state index contributed by atoms with van der Waals surface area (Å²) in [7, 11) is 0. The number of hydrogen-bond acceptors (Lipinski definition) is 2. The quantitative estimate of drug-likeness (QED) is 0.524. The molecule has 0 fully saturated rings. The monoisotopic (exact) mass is 285 g/mol. The van der Waals surface area contributed by atoms with Crippen molar-refractivity contribution in [3.8, 4) is 23.2 Å². The summed E-state index contributed by atoms with van der Waals surface area (Å²) in [6.07, 6.45) is 3.40. The first-order valence-corrected chi connectivity index (χ1v) is 6.64. The Morgan fingerprint density at radius 2 is 1.95 bits per heavy atom. The summed E-state index contributed by atoms with van der Waals surface area (Å²) in [5.74, 6) is 1.17. The zero-order chi connectivity index (χ0) is 15.4. The molecule has 4 heteroatoms. The van der Waals surface area contributed by atoms with Crippen molar-refractivity contribution < 1.29 is 4.42 Å². The third-order valence-electron chi connectivity index (χ3n) is 3.18. The Hall–Kier alpha value is -3.50. The Morgan fingerprint density at radius 3 is 2.68 bits per heavy atom. The molecule has 4 nitrogen and oxygen atoms in total. The van der Waals surface area contributed by atoms with Gasteiger partial charge in [-0.25, -0.2) is 10.1 Å². The van der Waals surface area contributed by atoms with Crippen LogP contribution in [0.4, 0.5) is 0 Å². The minimum absolute atomic E-state index is 0.000609. The topological polar surface area (TPSA) is 46.2 Å². The molecule has 3 rings (SSSR count). The van der Waals surface area contributed by atoms with Gasteiger partial charge in [0.2, 0.25) is 0 Å². The van der Waals surface area contributed by atoms with Gasteiger partial charge in [0.1, 0.15) is 5.76 Å². The summed E-state index contributed by atoms with van der Waals surface area (Å²) in [6, 6.07) is 19.3. The van der Waals surface area contributed by atoms with Crippen molar-refractivity contribution in [3.05, 3.63) is 83.7 Å². The highest BCUT2D eigenvalue weighted by Gasteiger charge is 2.10. The molecule has 0 saturated heterocycles. The van der Waals surface area contributed by atoms with Crippen LogP contribution in [0.1, 0.15) is 5.76 Å². The van der Waals surface area contributed by atoms with Crippen LogP contribution in [-0.4, -0.2) is 4.57 Å². The van der Waals surface area contributed by atoms with Crippen molar-refractivity contribution in [1.82, 2.24) is 4.57 Å². The number of nitriles is 1. The molecule has 0 aliphatic heterocycles. The Labute approximate surface area is 128 Å². The molecule has 22 heavy (non-hydrogen) atoms. The van der Waals surface area contributed by atoms with E-state index in [0.29, 0.717) is 11.5 Å². The van der Waals surface area contributed by atoms with Crippen molar-refractivity contribution in [3.63, 3.8) is 0 Å². The summed E-state index contributed by atoms with van der Waals surface area (Å²) < 4.78 is 7.75. The van der Waals surface area contributed by atoms with Gasteiger partial charge in [0.25, 0.3) is 5.70 Å². The van der Waals surface area contributed by atoms with E-state index in [-0.39, 0.29) is 5.70 Å². The fourth-order valence-corrected chi connectivity index (χ4v) is 2.19. The highest BCUT2D eigenvalue weighted by molar-refractivity contribution is 5.62. The van der Waals surface area contributed by atoms with Gasteiger partial charge in [0.05, 0.1) is 18.3 Å². The second-order valence-corrected chi connectivity index (χ2v) is 4.55. The van der Waals surface area contributed by atoms with Crippen LogP contribution in [0.15, 0.2) is 70.9 Å². The maximum atomic E-state index is 8.79. The van der Waals surface area contributed by atoms with E-state index in [0.717, 1.165) is 11.4 Å². The van der Waals surface area contributed by atoms with Gasteiger partial charge in [0.15, 0.2) is 5.76 Å². The van der Waals surface area contributed by atoms with Crippen molar-refractivity contribution in [1.29, 1.82) is 5.26 Å². The molecule has 0 unspecified atom stereocenters. The highest BCUT2D eigenvalue weighted by Crippen LogP contribution is 2.26. The van der Waals surface area contributed by atoms with E-state index in [1.165, 1.54) is 6.08 Å². The number of nitrogens with zero attached hydrogens (tertiary/aromatic N) is 3. The minimum Gasteiger partial charge on any atom is -0.456 e. The average molecular weight is 285 g/mol. The first-order chi connectivity index (χ1) is 10.8. The molecular weight excluding hydrogens is 274 g/mol. The number of benzene rings is 1. The molecule has 3 aromatic rings. The molecule has 0 atom stereocenters. The molecule has 104 valence electrons. The van der Waals surface area contributed by atoms with E-state index in [4.69, 9.17) is 16.3 Å². The number of para-hydroxylation sites is 1. The van der Waals surface area contributed by atoms with Crippen LogP contribution < -0.4 is 0 Å². The molecule has 0 aliphatic rings. The normalized spacial score (nSPS) is 10.9. The maximum Gasteiger partial charge on any atom is 0.265 e. The van der Waals surface area contributed by atoms with Gasteiger partial charge in [-0.05, 0) is 42.5 Å². The molecule has 0 spiro atoms. The molecule has 0 bridgehead atoms. The summed E-state index contributed by atoms with van der Waals surface area (Å²) in [5, 5.41) is 8.79. The van der Waals surface area contributed by atoms with Gasteiger partial charge in [0, 0.05) is 11.9 Å².